The highest BCUT2D eigenvalue weighted by Gasteiger charge is 2.08. The van der Waals surface area contributed by atoms with Crippen molar-refractivity contribution in [1.82, 2.24) is 0 Å². The second kappa shape index (κ2) is 6.51. The molecule has 0 N–H and O–H groups in total. The summed E-state index contributed by atoms with van der Waals surface area (Å²) in [6, 6.07) is 6.51. The normalized spacial score (nSPS) is 13.0. The number of aryl methyl sites for hydroxylation is 2. The lowest BCUT2D eigenvalue weighted by Gasteiger charge is -2.11. The van der Waals surface area contributed by atoms with Crippen LogP contribution in [0.3, 0.4) is 0 Å². The zero-order valence-corrected chi connectivity index (χ0v) is 13.0. The molecule has 1 aromatic rings. The van der Waals surface area contributed by atoms with Crippen LogP contribution in [0.5, 0.6) is 0 Å². The molecule has 1 heteroatoms. The summed E-state index contributed by atoms with van der Waals surface area (Å²) in [5.41, 5.74) is 6.96. The van der Waals surface area contributed by atoms with Crippen molar-refractivity contribution in [2.24, 2.45) is 10.9 Å². The van der Waals surface area contributed by atoms with Crippen LogP contribution in [0.4, 0.5) is 0 Å². The fourth-order valence-electron chi connectivity index (χ4n) is 2.08. The van der Waals surface area contributed by atoms with E-state index in [-0.39, 0.29) is 0 Å². The molecule has 0 aliphatic heterocycles. The van der Waals surface area contributed by atoms with Crippen LogP contribution >= 0.6 is 0 Å². The molecule has 0 saturated heterocycles. The Hall–Kier alpha value is -1.63. The van der Waals surface area contributed by atoms with Crippen molar-refractivity contribution in [2.75, 3.05) is 7.05 Å². The molecular weight excluding hydrogens is 230 g/mol. The lowest BCUT2D eigenvalue weighted by atomic mass is 9.96. The van der Waals surface area contributed by atoms with Crippen LogP contribution in [0.15, 0.2) is 47.0 Å². The average molecular weight is 255 g/mol. The van der Waals surface area contributed by atoms with Gasteiger partial charge in [0.1, 0.15) is 0 Å². The molecule has 1 nitrogen and oxygen atoms in total. The quantitative estimate of drug-likeness (QED) is 0.537. The van der Waals surface area contributed by atoms with E-state index in [0.717, 1.165) is 16.8 Å². The zero-order chi connectivity index (χ0) is 14.6. The first kappa shape index (κ1) is 15.4. The predicted octanol–water partition coefficient (Wildman–Crippen LogP) is 4.88. The molecule has 0 saturated carbocycles. The van der Waals surface area contributed by atoms with E-state index in [2.05, 4.69) is 70.5 Å². The summed E-state index contributed by atoms with van der Waals surface area (Å²) in [4.78, 5) is 4.43. The first-order valence-electron chi connectivity index (χ1n) is 6.78. The van der Waals surface area contributed by atoms with Crippen LogP contribution in [0.1, 0.15) is 37.5 Å². The summed E-state index contributed by atoms with van der Waals surface area (Å²) in [7, 11) is 1.83. The Labute approximate surface area is 117 Å². The SMILES string of the molecule is C=C(/C=C(\C)C(C)C)C(=NC)c1cc(C)cc(C)c1. The van der Waals surface area contributed by atoms with Crippen molar-refractivity contribution in [3.05, 3.63) is 58.7 Å². The molecule has 0 unspecified atom stereocenters. The second-order valence-corrected chi connectivity index (χ2v) is 5.52. The molecule has 0 spiro atoms. The highest BCUT2D eigenvalue weighted by atomic mass is 14.7. The number of hydrogen-bond acceptors (Lipinski definition) is 1. The van der Waals surface area contributed by atoms with E-state index in [4.69, 9.17) is 0 Å². The molecule has 19 heavy (non-hydrogen) atoms. The minimum absolute atomic E-state index is 0.536. The average Bonchev–Trinajstić information content (AvgIpc) is 2.28. The summed E-state index contributed by atoms with van der Waals surface area (Å²) in [5, 5.41) is 0. The van der Waals surface area contributed by atoms with Crippen LogP contribution in [0.25, 0.3) is 0 Å². The van der Waals surface area contributed by atoms with Crippen LogP contribution in [-0.2, 0) is 0 Å². The molecule has 1 rings (SSSR count). The van der Waals surface area contributed by atoms with Gasteiger partial charge >= 0.3 is 0 Å². The van der Waals surface area contributed by atoms with Gasteiger partial charge in [-0.15, -0.1) is 0 Å². The Morgan fingerprint density at radius 3 is 2.11 bits per heavy atom. The first-order valence-corrected chi connectivity index (χ1v) is 6.78. The van der Waals surface area contributed by atoms with Crippen molar-refractivity contribution < 1.29 is 0 Å². The van der Waals surface area contributed by atoms with Gasteiger partial charge in [-0.3, -0.25) is 4.99 Å². The summed E-state index contributed by atoms with van der Waals surface area (Å²) in [6.45, 7) is 14.9. The Morgan fingerprint density at radius 1 is 1.16 bits per heavy atom. The molecule has 0 amide bonds. The Balaban J connectivity index is 3.15. The fraction of sp³-hybridized carbons (Fsp3) is 0.389. The molecular formula is C18H25N. The van der Waals surface area contributed by atoms with Crippen LogP contribution < -0.4 is 0 Å². The van der Waals surface area contributed by atoms with Gasteiger partial charge in [0.15, 0.2) is 0 Å². The molecule has 0 aromatic heterocycles. The number of aliphatic imine (C=N–C) groups is 1. The molecule has 102 valence electrons. The van der Waals surface area contributed by atoms with Crippen molar-refractivity contribution in [2.45, 2.75) is 34.6 Å². The number of hydrogen-bond donors (Lipinski definition) is 0. The van der Waals surface area contributed by atoms with Gasteiger partial charge in [-0.25, -0.2) is 0 Å². The van der Waals surface area contributed by atoms with Gasteiger partial charge in [0, 0.05) is 12.6 Å². The minimum Gasteiger partial charge on any atom is -0.287 e. The molecule has 1 aromatic carbocycles. The van der Waals surface area contributed by atoms with Crippen LogP contribution in [0.2, 0.25) is 0 Å². The lowest BCUT2D eigenvalue weighted by molar-refractivity contribution is 0.769. The molecule has 0 radical (unpaired) electrons. The molecule has 0 bridgehead atoms. The summed E-state index contributed by atoms with van der Waals surface area (Å²) in [6.07, 6.45) is 2.14. The monoisotopic (exact) mass is 255 g/mol. The van der Waals surface area contributed by atoms with Gasteiger partial charge < -0.3 is 0 Å². The van der Waals surface area contributed by atoms with Gasteiger partial charge in [-0.05, 0) is 44.4 Å². The van der Waals surface area contributed by atoms with Crippen molar-refractivity contribution in [1.29, 1.82) is 0 Å². The molecule has 0 aliphatic carbocycles. The van der Waals surface area contributed by atoms with E-state index in [1.807, 2.05) is 7.05 Å². The molecule has 0 heterocycles. The standard InChI is InChI=1S/C18H25N/c1-12(2)15(5)11-16(6)18(19-7)17-9-13(3)8-14(4)10-17/h8-12H,6H2,1-5,7H3/b15-11+,19-18?. The van der Waals surface area contributed by atoms with E-state index >= 15 is 0 Å². The Bertz CT molecular complexity index is 510. The van der Waals surface area contributed by atoms with Crippen molar-refractivity contribution in [3.63, 3.8) is 0 Å². The third-order valence-electron chi connectivity index (χ3n) is 3.34. The number of rotatable bonds is 4. The largest absolute Gasteiger partial charge is 0.287 e. The van der Waals surface area contributed by atoms with Crippen LogP contribution in [-0.4, -0.2) is 12.8 Å². The van der Waals surface area contributed by atoms with E-state index in [1.54, 1.807) is 0 Å². The Morgan fingerprint density at radius 2 is 1.68 bits per heavy atom. The van der Waals surface area contributed by atoms with Gasteiger partial charge in [-0.2, -0.15) is 0 Å². The Kier molecular flexibility index (Phi) is 5.29. The maximum atomic E-state index is 4.43. The number of benzene rings is 1. The molecule has 0 aliphatic rings. The highest BCUT2D eigenvalue weighted by Crippen LogP contribution is 2.17. The first-order chi connectivity index (χ1) is 8.85. The highest BCUT2D eigenvalue weighted by molar-refractivity contribution is 6.14. The van der Waals surface area contributed by atoms with Crippen molar-refractivity contribution in [3.8, 4) is 0 Å². The van der Waals surface area contributed by atoms with E-state index < -0.39 is 0 Å². The van der Waals surface area contributed by atoms with Crippen LogP contribution in [0, 0.1) is 19.8 Å². The third kappa shape index (κ3) is 4.20. The fourth-order valence-corrected chi connectivity index (χ4v) is 2.08. The number of nitrogens with zero attached hydrogens (tertiary/aromatic N) is 1. The molecule has 0 fully saturated rings. The van der Waals surface area contributed by atoms with Gasteiger partial charge in [-0.1, -0.05) is 49.3 Å². The van der Waals surface area contributed by atoms with Gasteiger partial charge in [0.2, 0.25) is 0 Å². The van der Waals surface area contributed by atoms with Gasteiger partial charge in [0.25, 0.3) is 0 Å². The van der Waals surface area contributed by atoms with E-state index in [0.29, 0.717) is 5.92 Å². The number of allylic oxidation sites excluding steroid dienone is 3. The summed E-state index contributed by atoms with van der Waals surface area (Å²) >= 11 is 0. The summed E-state index contributed by atoms with van der Waals surface area (Å²) < 4.78 is 0. The van der Waals surface area contributed by atoms with Gasteiger partial charge in [0.05, 0.1) is 5.71 Å². The zero-order valence-electron chi connectivity index (χ0n) is 13.0. The van der Waals surface area contributed by atoms with Crippen molar-refractivity contribution >= 4 is 5.71 Å². The van der Waals surface area contributed by atoms with E-state index in [1.165, 1.54) is 16.7 Å². The summed E-state index contributed by atoms with van der Waals surface area (Å²) in [5.74, 6) is 0.536. The van der Waals surface area contributed by atoms with E-state index in [9.17, 15) is 0 Å². The third-order valence-corrected chi connectivity index (χ3v) is 3.34. The molecule has 0 atom stereocenters. The maximum Gasteiger partial charge on any atom is 0.0709 e. The smallest absolute Gasteiger partial charge is 0.0709 e. The maximum absolute atomic E-state index is 4.43. The lowest BCUT2D eigenvalue weighted by Crippen LogP contribution is -2.05. The second-order valence-electron chi connectivity index (χ2n) is 5.52. The minimum atomic E-state index is 0.536. The predicted molar refractivity (Wildman–Crippen MR) is 86.1 cm³/mol. The topological polar surface area (TPSA) is 12.4 Å².